The Morgan fingerprint density at radius 2 is 1.61 bits per heavy atom. The van der Waals surface area contributed by atoms with Gasteiger partial charge in [-0.1, -0.05) is 12.8 Å². The first-order valence-electron chi connectivity index (χ1n) is 11.2. The minimum atomic E-state index is -2.99. The third-order valence-electron chi connectivity index (χ3n) is 5.42. The Balaban J connectivity index is 0.00000480. The van der Waals surface area contributed by atoms with E-state index in [1.807, 2.05) is 11.8 Å². The molecule has 0 unspecified atom stereocenters. The van der Waals surface area contributed by atoms with E-state index in [0.717, 1.165) is 64.6 Å². The Kier molecular flexibility index (Phi) is 13.9. The first-order valence-corrected chi connectivity index (χ1v) is 13.2. The largest absolute Gasteiger partial charge is 0.378 e. The standard InChI is InChI=1S/C20H39N5O4S.HI/c1-3-21-20(22-8-15-29-16-17-30(2,27)28)25-13-11-23(12-14-25)18-19(26)24-9-6-4-5-7-10-24;/h3-18H2,1-2H3,(H,21,22);1H. The second-order valence-electron chi connectivity index (χ2n) is 8.04. The van der Waals surface area contributed by atoms with Crippen LogP contribution in [0.15, 0.2) is 4.99 Å². The molecule has 2 aliphatic rings. The number of hydrogen-bond acceptors (Lipinski definition) is 6. The van der Waals surface area contributed by atoms with Crippen LogP contribution in [0.5, 0.6) is 0 Å². The van der Waals surface area contributed by atoms with Crippen LogP contribution in [0, 0.1) is 0 Å². The molecule has 0 aromatic rings. The van der Waals surface area contributed by atoms with Crippen molar-refractivity contribution >= 4 is 45.7 Å². The number of hydrogen-bond donors (Lipinski definition) is 1. The maximum atomic E-state index is 12.6. The number of carbonyl (C=O) groups is 1. The van der Waals surface area contributed by atoms with Crippen molar-refractivity contribution in [2.24, 2.45) is 4.99 Å². The molecule has 31 heavy (non-hydrogen) atoms. The number of amides is 1. The fourth-order valence-corrected chi connectivity index (χ4v) is 4.10. The number of nitrogens with zero attached hydrogens (tertiary/aromatic N) is 4. The molecule has 2 heterocycles. The van der Waals surface area contributed by atoms with Gasteiger partial charge in [-0.25, -0.2) is 8.42 Å². The summed E-state index contributed by atoms with van der Waals surface area (Å²) in [6.07, 6.45) is 5.93. The molecule has 0 radical (unpaired) electrons. The van der Waals surface area contributed by atoms with Crippen LogP contribution >= 0.6 is 24.0 Å². The molecule has 0 atom stereocenters. The molecular formula is C20H40IN5O4S. The number of ether oxygens (including phenoxy) is 1. The number of rotatable bonds is 9. The second kappa shape index (κ2) is 15.2. The molecule has 11 heteroatoms. The van der Waals surface area contributed by atoms with Gasteiger partial charge in [-0.05, 0) is 19.8 Å². The fourth-order valence-electron chi connectivity index (χ4n) is 3.68. The third kappa shape index (κ3) is 11.7. The zero-order valence-electron chi connectivity index (χ0n) is 19.1. The molecule has 0 aliphatic carbocycles. The normalized spacial score (nSPS) is 19.0. The van der Waals surface area contributed by atoms with Gasteiger partial charge in [-0.3, -0.25) is 14.7 Å². The molecule has 0 bridgehead atoms. The summed E-state index contributed by atoms with van der Waals surface area (Å²) in [7, 11) is -2.99. The highest BCUT2D eigenvalue weighted by molar-refractivity contribution is 14.0. The van der Waals surface area contributed by atoms with Crippen LogP contribution in [0.1, 0.15) is 32.6 Å². The first-order chi connectivity index (χ1) is 14.4. The van der Waals surface area contributed by atoms with Crippen molar-refractivity contribution in [3.05, 3.63) is 0 Å². The van der Waals surface area contributed by atoms with Gasteiger partial charge in [0.05, 0.1) is 32.1 Å². The zero-order chi connectivity index (χ0) is 21.8. The lowest BCUT2D eigenvalue weighted by atomic mass is 10.2. The highest BCUT2D eigenvalue weighted by Crippen LogP contribution is 2.11. The lowest BCUT2D eigenvalue weighted by molar-refractivity contribution is -0.132. The Labute approximate surface area is 204 Å². The number of carbonyl (C=O) groups excluding carboxylic acids is 1. The summed E-state index contributed by atoms with van der Waals surface area (Å²) in [5, 5.41) is 3.31. The van der Waals surface area contributed by atoms with E-state index in [9.17, 15) is 13.2 Å². The van der Waals surface area contributed by atoms with E-state index in [-0.39, 0.29) is 42.2 Å². The van der Waals surface area contributed by atoms with Crippen LogP contribution in [-0.4, -0.2) is 119 Å². The molecule has 0 aromatic heterocycles. The van der Waals surface area contributed by atoms with Gasteiger partial charge in [0.15, 0.2) is 5.96 Å². The van der Waals surface area contributed by atoms with Gasteiger partial charge in [-0.2, -0.15) is 0 Å². The molecule has 182 valence electrons. The van der Waals surface area contributed by atoms with Crippen molar-refractivity contribution in [2.75, 3.05) is 84.1 Å². The van der Waals surface area contributed by atoms with Crippen LogP contribution in [0.25, 0.3) is 0 Å². The second-order valence-corrected chi connectivity index (χ2v) is 10.3. The summed E-state index contributed by atoms with van der Waals surface area (Å²) in [4.78, 5) is 23.7. The SMILES string of the molecule is CCNC(=NCCOCCS(C)(=O)=O)N1CCN(CC(=O)N2CCCCCC2)CC1.I. The van der Waals surface area contributed by atoms with Gasteiger partial charge in [0, 0.05) is 52.1 Å². The Morgan fingerprint density at radius 1 is 0.968 bits per heavy atom. The van der Waals surface area contributed by atoms with Gasteiger partial charge < -0.3 is 19.9 Å². The molecular weight excluding hydrogens is 533 g/mol. The van der Waals surface area contributed by atoms with Crippen molar-refractivity contribution in [1.29, 1.82) is 0 Å². The fraction of sp³-hybridized carbons (Fsp3) is 0.900. The lowest BCUT2D eigenvalue weighted by Gasteiger charge is -2.37. The van der Waals surface area contributed by atoms with Crippen molar-refractivity contribution in [2.45, 2.75) is 32.6 Å². The summed E-state index contributed by atoms with van der Waals surface area (Å²) >= 11 is 0. The number of aliphatic imine (C=N–C) groups is 1. The van der Waals surface area contributed by atoms with Crippen molar-refractivity contribution in [3.63, 3.8) is 0 Å². The predicted octanol–water partition coefficient (Wildman–Crippen LogP) is 0.651. The van der Waals surface area contributed by atoms with Crippen LogP contribution in [0.3, 0.4) is 0 Å². The van der Waals surface area contributed by atoms with Crippen LogP contribution in [0.4, 0.5) is 0 Å². The minimum Gasteiger partial charge on any atom is -0.378 e. The number of piperazine rings is 1. The summed E-state index contributed by atoms with van der Waals surface area (Å²) in [5.41, 5.74) is 0. The third-order valence-corrected chi connectivity index (χ3v) is 6.33. The van der Waals surface area contributed by atoms with E-state index < -0.39 is 9.84 Å². The monoisotopic (exact) mass is 573 g/mol. The highest BCUT2D eigenvalue weighted by Gasteiger charge is 2.23. The van der Waals surface area contributed by atoms with E-state index in [4.69, 9.17) is 4.74 Å². The molecule has 0 saturated carbocycles. The Bertz CT molecular complexity index is 646. The topological polar surface area (TPSA) is 94.5 Å². The molecule has 2 fully saturated rings. The van der Waals surface area contributed by atoms with Crippen LogP contribution in [0.2, 0.25) is 0 Å². The quantitative estimate of drug-likeness (QED) is 0.187. The molecule has 2 rings (SSSR count). The molecule has 0 aromatic carbocycles. The molecule has 0 spiro atoms. The van der Waals surface area contributed by atoms with E-state index >= 15 is 0 Å². The first kappa shape index (κ1) is 28.4. The number of likely N-dealkylation sites (tertiary alicyclic amines) is 1. The average molecular weight is 574 g/mol. The van der Waals surface area contributed by atoms with Crippen LogP contribution < -0.4 is 5.32 Å². The summed E-state index contributed by atoms with van der Waals surface area (Å²) in [6, 6.07) is 0. The average Bonchev–Trinajstić information content (AvgIpc) is 2.99. The predicted molar refractivity (Wildman–Crippen MR) is 135 cm³/mol. The minimum absolute atomic E-state index is 0. The molecule has 1 N–H and O–H groups in total. The van der Waals surface area contributed by atoms with E-state index in [1.54, 1.807) is 0 Å². The van der Waals surface area contributed by atoms with Gasteiger partial charge >= 0.3 is 0 Å². The molecule has 2 aliphatic heterocycles. The Hall–Kier alpha value is -0.660. The van der Waals surface area contributed by atoms with E-state index in [1.165, 1.54) is 19.1 Å². The zero-order valence-corrected chi connectivity index (χ0v) is 22.2. The molecule has 1 amide bonds. The molecule has 9 nitrogen and oxygen atoms in total. The summed E-state index contributed by atoms with van der Waals surface area (Å²) in [5.74, 6) is 1.15. The van der Waals surface area contributed by atoms with Crippen LogP contribution in [-0.2, 0) is 19.4 Å². The number of halogens is 1. The van der Waals surface area contributed by atoms with E-state index in [0.29, 0.717) is 19.7 Å². The van der Waals surface area contributed by atoms with Gasteiger partial charge in [0.2, 0.25) is 5.91 Å². The maximum Gasteiger partial charge on any atom is 0.236 e. The Morgan fingerprint density at radius 3 is 2.19 bits per heavy atom. The van der Waals surface area contributed by atoms with Gasteiger partial charge in [-0.15, -0.1) is 24.0 Å². The maximum absolute atomic E-state index is 12.6. The van der Waals surface area contributed by atoms with Crippen molar-refractivity contribution < 1.29 is 17.9 Å². The van der Waals surface area contributed by atoms with Crippen molar-refractivity contribution in [1.82, 2.24) is 20.0 Å². The molecule has 2 saturated heterocycles. The summed E-state index contributed by atoms with van der Waals surface area (Å²) in [6.45, 7) is 9.56. The highest BCUT2D eigenvalue weighted by atomic mass is 127. The smallest absolute Gasteiger partial charge is 0.236 e. The number of sulfone groups is 1. The van der Waals surface area contributed by atoms with Crippen molar-refractivity contribution in [3.8, 4) is 0 Å². The van der Waals surface area contributed by atoms with E-state index in [2.05, 4.69) is 20.1 Å². The summed E-state index contributed by atoms with van der Waals surface area (Å²) < 4.78 is 27.6. The van der Waals surface area contributed by atoms with Gasteiger partial charge in [0.25, 0.3) is 0 Å². The number of nitrogens with one attached hydrogen (secondary N) is 1. The lowest BCUT2D eigenvalue weighted by Crippen LogP contribution is -2.54. The van der Waals surface area contributed by atoms with Gasteiger partial charge in [0.1, 0.15) is 9.84 Å². The number of guanidine groups is 1.